The Labute approximate surface area is 167 Å². The SMILES string of the molecule is COc1ccc(C)c2sc(N(CCN(C)C)C(=O)c3sc(C)nc3C)nc12. The van der Waals surface area contributed by atoms with Gasteiger partial charge in [-0.05, 0) is 46.5 Å². The molecule has 0 atom stereocenters. The molecule has 27 heavy (non-hydrogen) atoms. The van der Waals surface area contributed by atoms with Crippen LogP contribution in [0.4, 0.5) is 5.13 Å². The lowest BCUT2D eigenvalue weighted by molar-refractivity contribution is 0.0988. The summed E-state index contributed by atoms with van der Waals surface area (Å²) >= 11 is 2.96. The third-order valence-corrected chi connectivity index (χ3v) is 6.53. The minimum atomic E-state index is -0.0457. The predicted octanol–water partition coefficient (Wildman–Crippen LogP) is 3.90. The van der Waals surface area contributed by atoms with Crippen molar-refractivity contribution >= 4 is 43.9 Å². The fourth-order valence-corrected chi connectivity index (χ4v) is 4.76. The van der Waals surface area contributed by atoms with Gasteiger partial charge in [0.2, 0.25) is 0 Å². The van der Waals surface area contributed by atoms with Crippen molar-refractivity contribution in [2.75, 3.05) is 39.2 Å². The number of anilines is 1. The summed E-state index contributed by atoms with van der Waals surface area (Å²) < 4.78 is 6.51. The first-order valence-corrected chi connectivity index (χ1v) is 10.3. The number of likely N-dealkylation sites (N-methyl/N-ethyl adjacent to an activating group) is 1. The van der Waals surface area contributed by atoms with E-state index in [-0.39, 0.29) is 5.91 Å². The van der Waals surface area contributed by atoms with Gasteiger partial charge in [-0.25, -0.2) is 9.97 Å². The monoisotopic (exact) mass is 404 g/mol. The maximum absolute atomic E-state index is 13.3. The van der Waals surface area contributed by atoms with Crippen LogP contribution in [0.2, 0.25) is 0 Å². The lowest BCUT2D eigenvalue weighted by atomic mass is 10.2. The van der Waals surface area contributed by atoms with E-state index in [1.54, 1.807) is 12.0 Å². The van der Waals surface area contributed by atoms with Crippen LogP contribution in [0.1, 0.15) is 25.9 Å². The Kier molecular flexibility index (Phi) is 5.78. The topological polar surface area (TPSA) is 58.6 Å². The zero-order valence-electron chi connectivity index (χ0n) is 16.5. The quantitative estimate of drug-likeness (QED) is 0.624. The van der Waals surface area contributed by atoms with Crippen molar-refractivity contribution in [3.05, 3.63) is 33.3 Å². The van der Waals surface area contributed by atoms with Crippen LogP contribution in [0.3, 0.4) is 0 Å². The Bertz CT molecular complexity index is 978. The van der Waals surface area contributed by atoms with Crippen molar-refractivity contribution in [2.24, 2.45) is 0 Å². The highest BCUT2D eigenvalue weighted by molar-refractivity contribution is 7.22. The Morgan fingerprint density at radius 2 is 1.85 bits per heavy atom. The van der Waals surface area contributed by atoms with Crippen molar-refractivity contribution in [3.8, 4) is 5.75 Å². The van der Waals surface area contributed by atoms with Gasteiger partial charge in [-0.1, -0.05) is 17.4 Å². The van der Waals surface area contributed by atoms with Gasteiger partial charge in [-0.3, -0.25) is 9.69 Å². The summed E-state index contributed by atoms with van der Waals surface area (Å²) in [5, 5.41) is 1.58. The van der Waals surface area contributed by atoms with Gasteiger partial charge in [0.05, 0.1) is 22.5 Å². The lowest BCUT2D eigenvalue weighted by Crippen LogP contribution is -2.36. The molecule has 3 rings (SSSR count). The van der Waals surface area contributed by atoms with Gasteiger partial charge in [-0.15, -0.1) is 11.3 Å². The molecular formula is C19H24N4O2S2. The first kappa shape index (κ1) is 19.7. The van der Waals surface area contributed by atoms with E-state index in [9.17, 15) is 4.79 Å². The van der Waals surface area contributed by atoms with E-state index in [0.717, 1.165) is 38.8 Å². The molecule has 0 saturated carbocycles. The van der Waals surface area contributed by atoms with Crippen LogP contribution < -0.4 is 9.64 Å². The molecule has 0 spiro atoms. The summed E-state index contributed by atoms with van der Waals surface area (Å²) in [7, 11) is 5.63. The Morgan fingerprint density at radius 1 is 1.11 bits per heavy atom. The van der Waals surface area contributed by atoms with Crippen molar-refractivity contribution in [3.63, 3.8) is 0 Å². The zero-order chi connectivity index (χ0) is 19.7. The second-order valence-corrected chi connectivity index (χ2v) is 8.85. The molecule has 0 aliphatic rings. The van der Waals surface area contributed by atoms with Crippen LogP contribution in [0.5, 0.6) is 5.75 Å². The van der Waals surface area contributed by atoms with E-state index in [1.807, 2.05) is 47.0 Å². The minimum Gasteiger partial charge on any atom is -0.494 e. The van der Waals surface area contributed by atoms with E-state index in [4.69, 9.17) is 9.72 Å². The Morgan fingerprint density at radius 3 is 2.44 bits per heavy atom. The molecule has 0 N–H and O–H groups in total. The van der Waals surface area contributed by atoms with Gasteiger partial charge in [-0.2, -0.15) is 0 Å². The predicted molar refractivity (Wildman–Crippen MR) is 113 cm³/mol. The number of hydrogen-bond acceptors (Lipinski definition) is 7. The summed E-state index contributed by atoms with van der Waals surface area (Å²) in [4.78, 5) is 27.0. The van der Waals surface area contributed by atoms with Gasteiger partial charge in [0, 0.05) is 13.1 Å². The van der Waals surface area contributed by atoms with E-state index < -0.39 is 0 Å². The molecule has 3 aromatic rings. The molecule has 2 aromatic heterocycles. The minimum absolute atomic E-state index is 0.0457. The van der Waals surface area contributed by atoms with Gasteiger partial charge >= 0.3 is 0 Å². The molecule has 0 fully saturated rings. The van der Waals surface area contributed by atoms with Crippen LogP contribution in [0, 0.1) is 20.8 Å². The molecule has 0 radical (unpaired) electrons. The number of carbonyl (C=O) groups excluding carboxylic acids is 1. The smallest absolute Gasteiger partial charge is 0.272 e. The van der Waals surface area contributed by atoms with Crippen LogP contribution >= 0.6 is 22.7 Å². The summed E-state index contributed by atoms with van der Waals surface area (Å²) in [6.07, 6.45) is 0. The summed E-state index contributed by atoms with van der Waals surface area (Å²) in [6.45, 7) is 7.15. The second-order valence-electron chi connectivity index (χ2n) is 6.67. The van der Waals surface area contributed by atoms with Gasteiger partial charge in [0.1, 0.15) is 16.1 Å². The van der Waals surface area contributed by atoms with Crippen LogP contribution in [-0.2, 0) is 0 Å². The maximum Gasteiger partial charge on any atom is 0.272 e. The van der Waals surface area contributed by atoms with Gasteiger partial charge in [0.25, 0.3) is 5.91 Å². The average Bonchev–Trinajstić information content (AvgIpc) is 3.19. The number of benzene rings is 1. The molecule has 1 amide bonds. The second kappa shape index (κ2) is 7.92. The number of ether oxygens (including phenoxy) is 1. The fourth-order valence-electron chi connectivity index (χ4n) is 2.81. The van der Waals surface area contributed by atoms with Crippen molar-refractivity contribution in [2.45, 2.75) is 20.8 Å². The standard InChI is InChI=1S/C19H24N4O2S2/c1-11-7-8-14(25-6)15-16(11)27-19(21-15)23(10-9-22(4)5)18(24)17-12(2)20-13(3)26-17/h7-8H,9-10H2,1-6H3. The van der Waals surface area contributed by atoms with Crippen LogP contribution in [-0.4, -0.2) is 55.1 Å². The number of amides is 1. The highest BCUT2D eigenvalue weighted by Gasteiger charge is 2.25. The van der Waals surface area contributed by atoms with Gasteiger partial charge < -0.3 is 9.64 Å². The van der Waals surface area contributed by atoms with Crippen molar-refractivity contribution in [1.82, 2.24) is 14.9 Å². The summed E-state index contributed by atoms with van der Waals surface area (Å²) in [5.41, 5.74) is 2.70. The van der Waals surface area contributed by atoms with E-state index >= 15 is 0 Å². The first-order chi connectivity index (χ1) is 12.8. The van der Waals surface area contributed by atoms with Crippen LogP contribution in [0.25, 0.3) is 10.2 Å². The fraction of sp³-hybridized carbons (Fsp3) is 0.421. The van der Waals surface area contributed by atoms with E-state index in [1.165, 1.54) is 22.7 Å². The highest BCUT2D eigenvalue weighted by Crippen LogP contribution is 2.37. The number of hydrogen-bond donors (Lipinski definition) is 0. The molecule has 0 aliphatic heterocycles. The number of carbonyl (C=O) groups is 1. The number of methoxy groups -OCH3 is 1. The number of aryl methyl sites for hydroxylation is 3. The van der Waals surface area contributed by atoms with Crippen LogP contribution in [0.15, 0.2) is 12.1 Å². The zero-order valence-corrected chi connectivity index (χ0v) is 18.1. The molecule has 0 aliphatic carbocycles. The summed E-state index contributed by atoms with van der Waals surface area (Å²) in [6, 6.07) is 3.94. The highest BCUT2D eigenvalue weighted by atomic mass is 32.1. The average molecular weight is 405 g/mol. The van der Waals surface area contributed by atoms with Crippen molar-refractivity contribution in [1.29, 1.82) is 0 Å². The number of nitrogens with zero attached hydrogens (tertiary/aromatic N) is 4. The lowest BCUT2D eigenvalue weighted by Gasteiger charge is -2.21. The van der Waals surface area contributed by atoms with Crippen molar-refractivity contribution < 1.29 is 9.53 Å². The molecule has 0 bridgehead atoms. The maximum atomic E-state index is 13.3. The molecule has 0 saturated heterocycles. The molecular weight excluding hydrogens is 380 g/mol. The molecule has 1 aromatic carbocycles. The third-order valence-electron chi connectivity index (χ3n) is 4.26. The Hall–Kier alpha value is -2.03. The number of fused-ring (bicyclic) bond motifs is 1. The molecule has 0 unspecified atom stereocenters. The number of thiazole rings is 2. The summed E-state index contributed by atoms with van der Waals surface area (Å²) in [5.74, 6) is 0.679. The Balaban J connectivity index is 2.08. The van der Waals surface area contributed by atoms with Gasteiger partial charge in [0.15, 0.2) is 5.13 Å². The molecule has 6 nitrogen and oxygen atoms in total. The largest absolute Gasteiger partial charge is 0.494 e. The number of aromatic nitrogens is 2. The number of rotatable bonds is 6. The van der Waals surface area contributed by atoms with E-state index in [0.29, 0.717) is 16.6 Å². The third kappa shape index (κ3) is 3.97. The molecule has 8 heteroatoms. The molecule has 2 heterocycles. The molecule has 144 valence electrons. The first-order valence-electron chi connectivity index (χ1n) is 8.66. The normalized spacial score (nSPS) is 11.4. The van der Waals surface area contributed by atoms with E-state index in [2.05, 4.69) is 9.88 Å².